The molecule has 0 aromatic heterocycles. The van der Waals surface area contributed by atoms with Crippen LogP contribution >= 0.6 is 43.0 Å². The topological polar surface area (TPSA) is 79.4 Å². The van der Waals surface area contributed by atoms with Crippen LogP contribution in [0, 0.1) is 5.92 Å². The van der Waals surface area contributed by atoms with Crippen molar-refractivity contribution in [3.63, 3.8) is 0 Å². The summed E-state index contributed by atoms with van der Waals surface area (Å²) in [5, 5.41) is 0. The molecule has 3 aliphatic heterocycles. The average molecular weight is 506 g/mol. The predicted octanol–water partition coefficient (Wildman–Crippen LogP) is 2.27. The molecule has 3 heterocycles. The Morgan fingerprint density at radius 2 is 2.10 bits per heavy atom. The Hall–Kier alpha value is 0.810. The monoisotopic (exact) mass is 506 g/mol. The summed E-state index contributed by atoms with van der Waals surface area (Å²) in [4.78, 5) is 12.8. The van der Waals surface area contributed by atoms with Crippen LogP contribution in [-0.4, -0.2) is 31.9 Å². The van der Waals surface area contributed by atoms with Crippen molar-refractivity contribution in [2.45, 2.75) is 51.7 Å². The third kappa shape index (κ3) is 1.99. The molecule has 2 unspecified atom stereocenters. The van der Waals surface area contributed by atoms with Crippen molar-refractivity contribution in [1.29, 1.82) is 0 Å². The first-order valence-corrected chi connectivity index (χ1v) is 11.6. The van der Waals surface area contributed by atoms with Gasteiger partial charge in [-0.15, -0.1) is 0 Å². The van der Waals surface area contributed by atoms with Gasteiger partial charge in [0.1, 0.15) is 0 Å². The second-order valence-corrected chi connectivity index (χ2v) is 12.8. The molecule has 0 amide bonds. The fourth-order valence-electron chi connectivity index (χ4n) is 3.52. The molecule has 2 N–H and O–H groups in total. The van der Waals surface area contributed by atoms with E-state index in [1.807, 2.05) is 6.92 Å². The fourth-order valence-corrected chi connectivity index (χ4v) is 11.3. The van der Waals surface area contributed by atoms with E-state index < -0.39 is 23.8 Å². The summed E-state index contributed by atoms with van der Waals surface area (Å²) in [6, 6.07) is 0. The van der Waals surface area contributed by atoms with Gasteiger partial charge >= 0.3 is 141 Å². The van der Waals surface area contributed by atoms with E-state index >= 15 is 0 Å². The van der Waals surface area contributed by atoms with Crippen LogP contribution in [0.25, 0.3) is 0 Å². The van der Waals surface area contributed by atoms with Gasteiger partial charge in [-0.25, -0.2) is 0 Å². The van der Waals surface area contributed by atoms with Gasteiger partial charge in [0.2, 0.25) is 0 Å². The summed E-state index contributed by atoms with van der Waals surface area (Å²) in [5.74, 6) is 0.358. The number of carbonyl (C=O) groups is 1. The maximum absolute atomic E-state index is 12.8. The van der Waals surface area contributed by atoms with Crippen LogP contribution in [0.3, 0.4) is 0 Å². The van der Waals surface area contributed by atoms with Gasteiger partial charge in [-0.1, -0.05) is 0 Å². The zero-order valence-corrected chi connectivity index (χ0v) is 15.8. The third-order valence-electron chi connectivity index (χ3n) is 5.11. The van der Waals surface area contributed by atoms with Gasteiger partial charge in [0.25, 0.3) is 0 Å². The van der Waals surface area contributed by atoms with Gasteiger partial charge < -0.3 is 0 Å². The van der Waals surface area contributed by atoms with Crippen molar-refractivity contribution in [2.24, 2.45) is 5.92 Å². The molecule has 4 aliphatic rings. The van der Waals surface area contributed by atoms with Crippen LogP contribution in [0.2, 0.25) is 0 Å². The van der Waals surface area contributed by atoms with Crippen LogP contribution in [0.1, 0.15) is 39.0 Å². The SMILES string of the molecule is CC(I)(C(=O)OC1(C2CCOC2)CCCC1)C12NI1N2. The molecule has 1 aliphatic carbocycles. The molecule has 4 fully saturated rings. The normalized spacial score (nSPS) is 37.1. The molecule has 114 valence electrons. The molecule has 5 nitrogen and oxygen atoms in total. The molecule has 3 saturated heterocycles. The van der Waals surface area contributed by atoms with E-state index in [2.05, 4.69) is 29.7 Å². The van der Waals surface area contributed by atoms with Crippen LogP contribution < -0.4 is 7.06 Å². The predicted molar refractivity (Wildman–Crippen MR) is 91.7 cm³/mol. The number of alkyl halides is 2. The van der Waals surface area contributed by atoms with Crippen LogP contribution in [-0.2, 0) is 14.3 Å². The number of carbonyl (C=O) groups excluding carboxylic acids is 1. The Labute approximate surface area is 140 Å². The molecule has 4 rings (SSSR count). The van der Waals surface area contributed by atoms with Crippen molar-refractivity contribution in [3.05, 3.63) is 0 Å². The number of nitrogens with one attached hydrogen (secondary N) is 2. The van der Waals surface area contributed by atoms with Crippen LogP contribution in [0.4, 0.5) is 0 Å². The number of esters is 1. The average Bonchev–Trinajstić information content (AvgIpc) is 3.07. The van der Waals surface area contributed by atoms with Crippen molar-refractivity contribution in [1.82, 2.24) is 7.06 Å². The summed E-state index contributed by atoms with van der Waals surface area (Å²) in [5.41, 5.74) is -0.251. The van der Waals surface area contributed by atoms with E-state index in [1.165, 1.54) is 12.8 Å². The first kappa shape index (κ1) is 14.4. The standard InChI is InChI=1S/C13H20I2N2O3/c1-11(14,13-15(16-13)17-13)10(18)20-12(5-2-3-6-12)9-4-7-19-8-9/h9,16-17H,2-8H2,1H3. The molecule has 1 saturated carbocycles. The summed E-state index contributed by atoms with van der Waals surface area (Å²) < 4.78 is 18.1. The minimum absolute atomic E-state index is 0.0378. The van der Waals surface area contributed by atoms with Gasteiger partial charge in [0.05, 0.1) is 0 Å². The third-order valence-corrected chi connectivity index (χ3v) is 12.2. The minimum atomic E-state index is -1.13. The molecule has 0 spiro atoms. The molecular weight excluding hydrogens is 486 g/mol. The van der Waals surface area contributed by atoms with Crippen molar-refractivity contribution < 1.29 is 14.3 Å². The fraction of sp³-hybridized carbons (Fsp3) is 0.923. The van der Waals surface area contributed by atoms with Crippen molar-refractivity contribution in [3.8, 4) is 0 Å². The van der Waals surface area contributed by atoms with Crippen LogP contribution in [0.5, 0.6) is 0 Å². The molecule has 0 aromatic rings. The molecule has 0 radical (unpaired) electrons. The molecular formula is C13H20I2N2O3. The molecule has 0 bridgehead atoms. The summed E-state index contributed by atoms with van der Waals surface area (Å²) >= 11 is 1.14. The Morgan fingerprint density at radius 3 is 2.60 bits per heavy atom. The van der Waals surface area contributed by atoms with Gasteiger partial charge in [0, 0.05) is 0 Å². The quantitative estimate of drug-likeness (QED) is 0.153. The van der Waals surface area contributed by atoms with E-state index in [0.717, 1.165) is 32.5 Å². The number of fused-ring (bicyclic) bond motifs is 1. The van der Waals surface area contributed by atoms with Crippen molar-refractivity contribution >= 4 is 48.9 Å². The Balaban J connectivity index is 1.51. The van der Waals surface area contributed by atoms with Gasteiger partial charge in [0.15, 0.2) is 0 Å². The van der Waals surface area contributed by atoms with E-state index in [0.29, 0.717) is 5.92 Å². The van der Waals surface area contributed by atoms with E-state index in [-0.39, 0.29) is 15.2 Å². The van der Waals surface area contributed by atoms with Crippen molar-refractivity contribution in [2.75, 3.05) is 13.2 Å². The number of ether oxygens (including phenoxy) is 2. The number of hydrogen-bond donors (Lipinski definition) is 2. The molecule has 20 heavy (non-hydrogen) atoms. The first-order valence-electron chi connectivity index (χ1n) is 7.26. The molecule has 7 heteroatoms. The zero-order valence-electron chi connectivity index (χ0n) is 11.5. The second-order valence-electron chi connectivity index (χ2n) is 6.36. The van der Waals surface area contributed by atoms with E-state index in [4.69, 9.17) is 9.47 Å². The summed E-state index contributed by atoms with van der Waals surface area (Å²) in [6.07, 6.45) is 5.39. The number of rotatable bonds is 4. The number of halogens is 2. The zero-order chi connectivity index (χ0) is 14.0. The van der Waals surface area contributed by atoms with Crippen LogP contribution in [0.15, 0.2) is 0 Å². The Kier molecular flexibility index (Phi) is 3.35. The molecule has 0 aromatic carbocycles. The van der Waals surface area contributed by atoms with Gasteiger partial charge in [-0.2, -0.15) is 0 Å². The van der Waals surface area contributed by atoms with Gasteiger partial charge in [-0.3, -0.25) is 0 Å². The second kappa shape index (κ2) is 4.65. The maximum atomic E-state index is 12.8. The Morgan fingerprint density at radius 1 is 1.45 bits per heavy atom. The van der Waals surface area contributed by atoms with Gasteiger partial charge in [-0.05, 0) is 0 Å². The van der Waals surface area contributed by atoms with E-state index in [1.54, 1.807) is 0 Å². The number of hydrogen-bond acceptors (Lipinski definition) is 5. The summed E-state index contributed by atoms with van der Waals surface area (Å²) in [7, 11) is 0. The molecule has 2 atom stereocenters. The van der Waals surface area contributed by atoms with E-state index in [9.17, 15) is 4.79 Å². The summed E-state index contributed by atoms with van der Waals surface area (Å²) in [6.45, 7) is 3.58. The first-order chi connectivity index (χ1) is 9.50. The Bertz CT molecular complexity index is 439.